The first-order valence-corrected chi connectivity index (χ1v) is 17.2. The van der Waals surface area contributed by atoms with Gasteiger partial charge in [-0.05, 0) is 96.6 Å². The Morgan fingerprint density at radius 2 is 1.00 bits per heavy atom. The third-order valence-corrected chi connectivity index (χ3v) is 11.4. The van der Waals surface area contributed by atoms with Crippen LogP contribution in [-0.2, 0) is 5.41 Å². The Morgan fingerprint density at radius 3 is 1.60 bits per heavy atom. The van der Waals surface area contributed by atoms with Gasteiger partial charge in [-0.2, -0.15) is 9.97 Å². The van der Waals surface area contributed by atoms with Gasteiger partial charge in [0, 0.05) is 21.9 Å². The maximum atomic E-state index is 5.27. The quantitative estimate of drug-likeness (QED) is 0.195. The van der Waals surface area contributed by atoms with Crippen molar-refractivity contribution in [2.75, 3.05) is 0 Å². The lowest BCUT2D eigenvalue weighted by Gasteiger charge is -2.57. The molecular formula is C43H36N4. The molecule has 4 aliphatic carbocycles. The van der Waals surface area contributed by atoms with Crippen LogP contribution in [0.3, 0.4) is 0 Å². The van der Waals surface area contributed by atoms with Gasteiger partial charge in [-0.1, -0.05) is 109 Å². The molecule has 7 aromatic rings. The Labute approximate surface area is 275 Å². The maximum Gasteiger partial charge on any atom is 0.238 e. The zero-order valence-corrected chi connectivity index (χ0v) is 26.4. The highest BCUT2D eigenvalue weighted by atomic mass is 15.2. The van der Waals surface area contributed by atoms with Crippen molar-refractivity contribution in [2.24, 2.45) is 17.8 Å². The summed E-state index contributed by atoms with van der Waals surface area (Å²) in [6.07, 6.45) is 8.32. The molecule has 0 spiro atoms. The van der Waals surface area contributed by atoms with Crippen LogP contribution in [0.4, 0.5) is 0 Å². The van der Waals surface area contributed by atoms with Gasteiger partial charge in [0.15, 0.2) is 11.6 Å². The summed E-state index contributed by atoms with van der Waals surface area (Å²) in [7, 11) is 0. The molecule has 4 saturated carbocycles. The van der Waals surface area contributed by atoms with Gasteiger partial charge >= 0.3 is 0 Å². The zero-order chi connectivity index (χ0) is 31.0. The molecule has 4 fully saturated rings. The highest BCUT2D eigenvalue weighted by molar-refractivity contribution is 6.09. The minimum Gasteiger partial charge on any atom is -0.278 e. The molecule has 228 valence electrons. The third-order valence-electron chi connectivity index (χ3n) is 11.4. The summed E-state index contributed by atoms with van der Waals surface area (Å²) >= 11 is 0. The van der Waals surface area contributed by atoms with Gasteiger partial charge in [0.05, 0.1) is 11.0 Å². The number of hydrogen-bond acceptors (Lipinski definition) is 3. The van der Waals surface area contributed by atoms with Gasteiger partial charge in [-0.25, -0.2) is 4.98 Å². The Bertz CT molecular complexity index is 2200. The molecule has 0 N–H and O–H groups in total. The predicted molar refractivity (Wildman–Crippen MR) is 190 cm³/mol. The van der Waals surface area contributed by atoms with E-state index in [0.717, 1.165) is 39.9 Å². The van der Waals surface area contributed by atoms with E-state index < -0.39 is 0 Å². The molecule has 0 radical (unpaired) electrons. The van der Waals surface area contributed by atoms with Crippen LogP contribution in [-0.4, -0.2) is 19.5 Å². The Balaban J connectivity index is 1.20. The number of aromatic nitrogens is 4. The minimum absolute atomic E-state index is 0.279. The van der Waals surface area contributed by atoms with Crippen molar-refractivity contribution in [2.45, 2.75) is 43.9 Å². The standard InChI is InChI=1S/C43H36N4/c1-3-11-31(12-4-1)36-24-33(19-20-37(36)43-25-28-21-29(26-43)23-30(22-28)27-43)41-44-40(32-13-5-2-6-14-32)45-42(46-41)47-38-17-9-7-15-34(38)35-16-8-10-18-39(35)47/h1-20,24,28-30H,21-23,25-27H2. The molecule has 0 unspecified atom stereocenters. The largest absolute Gasteiger partial charge is 0.278 e. The maximum absolute atomic E-state index is 5.27. The molecule has 4 nitrogen and oxygen atoms in total. The lowest BCUT2D eigenvalue weighted by molar-refractivity contribution is -0.00491. The van der Waals surface area contributed by atoms with Crippen LogP contribution in [0.25, 0.3) is 61.7 Å². The van der Waals surface area contributed by atoms with E-state index in [2.05, 4.69) is 114 Å². The normalized spacial score (nSPS) is 23.1. The second-order valence-electron chi connectivity index (χ2n) is 14.3. The summed E-state index contributed by atoms with van der Waals surface area (Å²) in [5.41, 5.74) is 8.61. The highest BCUT2D eigenvalue weighted by Gasteiger charge is 2.52. The zero-order valence-electron chi connectivity index (χ0n) is 26.4. The molecule has 2 heterocycles. The molecule has 0 atom stereocenters. The number of benzene rings is 5. The lowest BCUT2D eigenvalue weighted by atomic mass is 9.47. The summed E-state index contributed by atoms with van der Waals surface area (Å²) < 4.78 is 2.20. The van der Waals surface area contributed by atoms with Crippen molar-refractivity contribution in [1.29, 1.82) is 0 Å². The summed E-state index contributed by atoms with van der Waals surface area (Å²) in [4.78, 5) is 15.6. The van der Waals surface area contributed by atoms with E-state index in [4.69, 9.17) is 15.0 Å². The van der Waals surface area contributed by atoms with Gasteiger partial charge in [0.1, 0.15) is 0 Å². The third kappa shape index (κ3) is 4.38. The average Bonchev–Trinajstić information content (AvgIpc) is 3.46. The molecule has 0 amide bonds. The van der Waals surface area contributed by atoms with Crippen molar-refractivity contribution < 1.29 is 0 Å². The molecule has 4 heteroatoms. The van der Waals surface area contributed by atoms with E-state index in [-0.39, 0.29) is 5.41 Å². The summed E-state index contributed by atoms with van der Waals surface area (Å²) in [5.74, 6) is 4.67. The number of para-hydroxylation sites is 2. The van der Waals surface area contributed by atoms with Crippen LogP contribution < -0.4 is 0 Å². The van der Waals surface area contributed by atoms with E-state index in [1.165, 1.54) is 66.0 Å². The van der Waals surface area contributed by atoms with Crippen molar-refractivity contribution in [1.82, 2.24) is 19.5 Å². The molecule has 4 aliphatic rings. The van der Waals surface area contributed by atoms with Crippen molar-refractivity contribution in [3.63, 3.8) is 0 Å². The van der Waals surface area contributed by atoms with Crippen LogP contribution >= 0.6 is 0 Å². The molecule has 0 aliphatic heterocycles. The van der Waals surface area contributed by atoms with Crippen LogP contribution in [0, 0.1) is 17.8 Å². The van der Waals surface area contributed by atoms with E-state index in [1.54, 1.807) is 0 Å². The Kier molecular flexibility index (Phi) is 6.03. The van der Waals surface area contributed by atoms with E-state index in [1.807, 2.05) is 18.2 Å². The molecule has 4 bridgehead atoms. The predicted octanol–water partition coefficient (Wildman–Crippen LogP) is 10.4. The SMILES string of the molecule is c1ccc(-c2nc(-c3ccc(C45CC6CC(CC(C6)C4)C5)c(-c4ccccc4)c3)nc(-n3c4ccccc4c4ccccc43)n2)cc1. The first-order chi connectivity index (χ1) is 23.2. The fraction of sp³-hybridized carbons (Fsp3) is 0.233. The summed E-state index contributed by atoms with van der Waals surface area (Å²) in [6, 6.07) is 45.5. The minimum atomic E-state index is 0.279. The number of rotatable bonds is 5. The second kappa shape index (κ2) is 10.5. The van der Waals surface area contributed by atoms with E-state index in [0.29, 0.717) is 17.6 Å². The van der Waals surface area contributed by atoms with E-state index >= 15 is 0 Å². The van der Waals surface area contributed by atoms with Gasteiger partial charge in [0.2, 0.25) is 5.95 Å². The number of hydrogen-bond donors (Lipinski definition) is 0. The number of fused-ring (bicyclic) bond motifs is 3. The lowest BCUT2D eigenvalue weighted by Crippen LogP contribution is -2.48. The van der Waals surface area contributed by atoms with Crippen molar-refractivity contribution >= 4 is 21.8 Å². The fourth-order valence-electron chi connectivity index (χ4n) is 9.89. The Morgan fingerprint density at radius 1 is 0.489 bits per heavy atom. The Hall–Kier alpha value is -5.09. The molecule has 5 aromatic carbocycles. The smallest absolute Gasteiger partial charge is 0.238 e. The van der Waals surface area contributed by atoms with Crippen LogP contribution in [0.15, 0.2) is 127 Å². The molecule has 11 rings (SSSR count). The fourth-order valence-corrected chi connectivity index (χ4v) is 9.89. The van der Waals surface area contributed by atoms with Crippen LogP contribution in [0.5, 0.6) is 0 Å². The molecule has 47 heavy (non-hydrogen) atoms. The topological polar surface area (TPSA) is 43.6 Å². The van der Waals surface area contributed by atoms with Gasteiger partial charge in [0.25, 0.3) is 0 Å². The van der Waals surface area contributed by atoms with Gasteiger partial charge < -0.3 is 0 Å². The van der Waals surface area contributed by atoms with Crippen LogP contribution in [0.2, 0.25) is 0 Å². The highest BCUT2D eigenvalue weighted by Crippen LogP contribution is 2.62. The first-order valence-electron chi connectivity index (χ1n) is 17.2. The molecule has 2 aromatic heterocycles. The van der Waals surface area contributed by atoms with Gasteiger partial charge in [-0.15, -0.1) is 0 Å². The monoisotopic (exact) mass is 608 g/mol. The van der Waals surface area contributed by atoms with Crippen molar-refractivity contribution in [3.8, 4) is 39.9 Å². The summed E-state index contributed by atoms with van der Waals surface area (Å²) in [6.45, 7) is 0. The first kappa shape index (κ1) is 27.1. The molecule has 0 saturated heterocycles. The van der Waals surface area contributed by atoms with Crippen LogP contribution in [0.1, 0.15) is 44.1 Å². The second-order valence-corrected chi connectivity index (χ2v) is 14.3. The van der Waals surface area contributed by atoms with Crippen molar-refractivity contribution in [3.05, 3.63) is 133 Å². The van der Waals surface area contributed by atoms with Gasteiger partial charge in [-0.3, -0.25) is 4.57 Å². The molecular weight excluding hydrogens is 573 g/mol. The number of nitrogens with zero attached hydrogens (tertiary/aromatic N) is 4. The summed E-state index contributed by atoms with van der Waals surface area (Å²) in [5, 5.41) is 2.38. The average molecular weight is 609 g/mol. The van der Waals surface area contributed by atoms with E-state index in [9.17, 15) is 0 Å².